The van der Waals surface area contributed by atoms with Crippen LogP contribution >= 0.6 is 34.4 Å². The van der Waals surface area contributed by atoms with Crippen molar-refractivity contribution in [1.82, 2.24) is 5.32 Å². The molecule has 0 unspecified atom stereocenters. The number of thioether (sulfide) groups is 1. The molecular weight excluding hydrogens is 515 g/mol. The molecule has 156 valence electrons. The van der Waals surface area contributed by atoms with Crippen LogP contribution in [0.15, 0.2) is 46.3 Å². The summed E-state index contributed by atoms with van der Waals surface area (Å²) in [6.07, 6.45) is 1.74. The van der Waals surface area contributed by atoms with Crippen LogP contribution in [0.25, 0.3) is 6.08 Å². The van der Waals surface area contributed by atoms with E-state index >= 15 is 0 Å². The summed E-state index contributed by atoms with van der Waals surface area (Å²) in [5.74, 6) is 0.637. The SMILES string of the molecule is CCOc1cc(/C=C2\SC(NC(C)=O)=NC2=O)cc(I)c1OCc1ccc(C)cc1. The number of aryl methyl sites for hydroxylation is 1. The zero-order valence-electron chi connectivity index (χ0n) is 16.8. The third-order valence-electron chi connectivity index (χ3n) is 4.04. The fourth-order valence-electron chi connectivity index (χ4n) is 2.68. The molecule has 8 heteroatoms. The molecule has 6 nitrogen and oxygen atoms in total. The van der Waals surface area contributed by atoms with Crippen LogP contribution in [0.4, 0.5) is 0 Å². The highest BCUT2D eigenvalue weighted by Gasteiger charge is 2.23. The van der Waals surface area contributed by atoms with E-state index in [4.69, 9.17) is 9.47 Å². The number of nitrogens with zero attached hydrogens (tertiary/aromatic N) is 1. The summed E-state index contributed by atoms with van der Waals surface area (Å²) in [4.78, 5) is 27.6. The topological polar surface area (TPSA) is 77.0 Å². The number of hydrogen-bond acceptors (Lipinski definition) is 5. The minimum Gasteiger partial charge on any atom is -0.490 e. The fraction of sp³-hybridized carbons (Fsp3) is 0.227. The zero-order chi connectivity index (χ0) is 21.7. The summed E-state index contributed by atoms with van der Waals surface area (Å²) in [6.45, 7) is 6.25. The van der Waals surface area contributed by atoms with Crippen LogP contribution in [0, 0.1) is 10.5 Å². The van der Waals surface area contributed by atoms with Gasteiger partial charge in [-0.05, 0) is 77.5 Å². The van der Waals surface area contributed by atoms with Gasteiger partial charge in [-0.15, -0.1) is 0 Å². The van der Waals surface area contributed by atoms with E-state index in [2.05, 4.69) is 45.0 Å². The Kier molecular flexibility index (Phi) is 7.54. The average molecular weight is 536 g/mol. The van der Waals surface area contributed by atoms with E-state index in [0.29, 0.717) is 29.6 Å². The van der Waals surface area contributed by atoms with E-state index in [1.54, 1.807) is 6.08 Å². The Morgan fingerprint density at radius 2 is 1.97 bits per heavy atom. The molecule has 1 aliphatic rings. The molecule has 0 fully saturated rings. The quantitative estimate of drug-likeness (QED) is 0.429. The van der Waals surface area contributed by atoms with E-state index in [9.17, 15) is 9.59 Å². The Labute approximate surface area is 193 Å². The third-order valence-corrected chi connectivity index (χ3v) is 5.74. The molecule has 3 rings (SSSR count). The van der Waals surface area contributed by atoms with Gasteiger partial charge in [-0.3, -0.25) is 9.59 Å². The van der Waals surface area contributed by atoms with E-state index < -0.39 is 0 Å². The first-order valence-electron chi connectivity index (χ1n) is 9.30. The van der Waals surface area contributed by atoms with Gasteiger partial charge in [-0.1, -0.05) is 29.8 Å². The number of benzene rings is 2. The second-order valence-electron chi connectivity index (χ2n) is 6.55. The number of nitrogens with one attached hydrogen (secondary N) is 1. The number of aliphatic imine (C=N–C) groups is 1. The van der Waals surface area contributed by atoms with Crippen LogP contribution in [0.2, 0.25) is 0 Å². The lowest BCUT2D eigenvalue weighted by Crippen LogP contribution is -2.23. The minimum atomic E-state index is -0.378. The predicted octanol–water partition coefficient (Wildman–Crippen LogP) is 4.68. The summed E-state index contributed by atoms with van der Waals surface area (Å²) in [6, 6.07) is 11.9. The Balaban J connectivity index is 1.81. The van der Waals surface area contributed by atoms with Gasteiger partial charge in [0, 0.05) is 6.92 Å². The second kappa shape index (κ2) is 10.1. The highest BCUT2D eigenvalue weighted by atomic mass is 127. The van der Waals surface area contributed by atoms with Gasteiger partial charge >= 0.3 is 0 Å². The number of carbonyl (C=O) groups excluding carboxylic acids is 2. The van der Waals surface area contributed by atoms with E-state index in [1.807, 2.05) is 38.1 Å². The Morgan fingerprint density at radius 1 is 1.23 bits per heavy atom. The van der Waals surface area contributed by atoms with Crippen LogP contribution in [-0.2, 0) is 16.2 Å². The number of amidine groups is 1. The molecule has 1 aliphatic heterocycles. The summed E-state index contributed by atoms with van der Waals surface area (Å²) < 4.78 is 12.7. The van der Waals surface area contributed by atoms with E-state index in [0.717, 1.165) is 26.5 Å². The Hall–Kier alpha value is -2.33. The fourth-order valence-corrected chi connectivity index (χ4v) is 4.32. The second-order valence-corrected chi connectivity index (χ2v) is 8.74. The molecule has 0 saturated heterocycles. The normalized spacial score (nSPS) is 14.6. The van der Waals surface area contributed by atoms with Crippen LogP contribution in [0.5, 0.6) is 11.5 Å². The molecule has 2 aromatic rings. The van der Waals surface area contributed by atoms with Gasteiger partial charge in [0.05, 0.1) is 15.1 Å². The van der Waals surface area contributed by atoms with Gasteiger partial charge in [-0.25, -0.2) is 0 Å². The molecule has 2 amide bonds. The van der Waals surface area contributed by atoms with E-state index in [1.165, 1.54) is 12.5 Å². The van der Waals surface area contributed by atoms with Crippen molar-refractivity contribution in [3.05, 3.63) is 61.6 Å². The molecule has 0 aromatic heterocycles. The highest BCUT2D eigenvalue weighted by molar-refractivity contribution is 14.1. The van der Waals surface area contributed by atoms with Crippen molar-refractivity contribution >= 4 is 57.4 Å². The maximum atomic E-state index is 12.1. The number of ether oxygens (including phenoxy) is 2. The number of rotatable bonds is 6. The third kappa shape index (κ3) is 5.85. The summed E-state index contributed by atoms with van der Waals surface area (Å²) in [5, 5.41) is 2.83. The zero-order valence-corrected chi connectivity index (χ0v) is 19.8. The highest BCUT2D eigenvalue weighted by Crippen LogP contribution is 2.37. The smallest absolute Gasteiger partial charge is 0.286 e. The lowest BCUT2D eigenvalue weighted by molar-refractivity contribution is -0.117. The van der Waals surface area contributed by atoms with Crippen LogP contribution in [0.3, 0.4) is 0 Å². The molecule has 0 aliphatic carbocycles. The first-order chi connectivity index (χ1) is 14.4. The lowest BCUT2D eigenvalue weighted by Gasteiger charge is -2.15. The lowest BCUT2D eigenvalue weighted by atomic mass is 10.1. The first kappa shape index (κ1) is 22.4. The molecular formula is C22H21IN2O4S. The largest absolute Gasteiger partial charge is 0.490 e. The number of hydrogen-bond donors (Lipinski definition) is 1. The molecule has 0 saturated carbocycles. The predicted molar refractivity (Wildman–Crippen MR) is 128 cm³/mol. The van der Waals surface area contributed by atoms with Crippen molar-refractivity contribution in [2.24, 2.45) is 4.99 Å². The molecule has 0 radical (unpaired) electrons. The molecule has 0 atom stereocenters. The average Bonchev–Trinajstić information content (AvgIpc) is 3.01. The van der Waals surface area contributed by atoms with Gasteiger partial charge in [-0.2, -0.15) is 4.99 Å². The van der Waals surface area contributed by atoms with Gasteiger partial charge in [0.15, 0.2) is 16.7 Å². The Bertz CT molecular complexity index is 1030. The maximum absolute atomic E-state index is 12.1. The number of carbonyl (C=O) groups is 2. The molecule has 0 bridgehead atoms. The van der Waals surface area contributed by atoms with Crippen LogP contribution in [0.1, 0.15) is 30.5 Å². The first-order valence-corrected chi connectivity index (χ1v) is 11.2. The van der Waals surface area contributed by atoms with Crippen molar-refractivity contribution in [3.8, 4) is 11.5 Å². The summed E-state index contributed by atoms with van der Waals surface area (Å²) in [5.41, 5.74) is 3.06. The van der Waals surface area contributed by atoms with Gasteiger partial charge in [0.2, 0.25) is 5.91 Å². The van der Waals surface area contributed by atoms with Gasteiger partial charge in [0.25, 0.3) is 5.91 Å². The van der Waals surface area contributed by atoms with Crippen molar-refractivity contribution in [2.45, 2.75) is 27.4 Å². The molecule has 2 aromatic carbocycles. The molecule has 0 spiro atoms. The Morgan fingerprint density at radius 3 is 2.63 bits per heavy atom. The number of halogens is 1. The monoisotopic (exact) mass is 536 g/mol. The van der Waals surface area contributed by atoms with Gasteiger partial charge in [0.1, 0.15) is 6.61 Å². The maximum Gasteiger partial charge on any atom is 0.286 e. The van der Waals surface area contributed by atoms with Crippen molar-refractivity contribution in [1.29, 1.82) is 0 Å². The minimum absolute atomic E-state index is 0.265. The van der Waals surface area contributed by atoms with Crippen LogP contribution in [-0.4, -0.2) is 23.6 Å². The van der Waals surface area contributed by atoms with E-state index in [-0.39, 0.29) is 17.0 Å². The van der Waals surface area contributed by atoms with Crippen LogP contribution < -0.4 is 14.8 Å². The number of amides is 2. The summed E-state index contributed by atoms with van der Waals surface area (Å²) in [7, 11) is 0. The molecule has 30 heavy (non-hydrogen) atoms. The molecule has 1 N–H and O–H groups in total. The van der Waals surface area contributed by atoms with Crippen molar-refractivity contribution < 1.29 is 19.1 Å². The summed E-state index contributed by atoms with van der Waals surface area (Å²) >= 11 is 3.33. The van der Waals surface area contributed by atoms with Crippen molar-refractivity contribution in [3.63, 3.8) is 0 Å². The standard InChI is InChI=1S/C22H21IN2O4S/c1-4-28-18-10-16(11-19-21(27)25-22(30-19)24-14(3)26)9-17(23)20(18)29-12-15-7-5-13(2)6-8-15/h5-11H,4,12H2,1-3H3,(H,24,25,26,27)/b19-11-. The molecule has 1 heterocycles. The van der Waals surface area contributed by atoms with Gasteiger partial charge < -0.3 is 14.8 Å². The van der Waals surface area contributed by atoms with Crippen molar-refractivity contribution in [2.75, 3.05) is 6.61 Å².